The lowest BCUT2D eigenvalue weighted by Gasteiger charge is -2.10. The monoisotopic (exact) mass is 345 g/mol. The molecule has 0 fully saturated rings. The Kier molecular flexibility index (Phi) is 5.43. The van der Waals surface area contributed by atoms with Crippen molar-refractivity contribution in [3.8, 4) is 5.75 Å². The van der Waals surface area contributed by atoms with Gasteiger partial charge in [0.15, 0.2) is 5.11 Å². The minimum Gasteiger partial charge on any atom is -0.497 e. The summed E-state index contributed by atoms with van der Waals surface area (Å²) in [4.78, 5) is 22.5. The van der Waals surface area contributed by atoms with E-state index in [1.54, 1.807) is 38.3 Å². The Morgan fingerprint density at radius 3 is 2.42 bits per heavy atom. The van der Waals surface area contributed by atoms with E-state index >= 15 is 0 Å². The number of nitro groups is 1. The maximum atomic E-state index is 12.2. The summed E-state index contributed by atoms with van der Waals surface area (Å²) in [6, 6.07) is 11.2. The summed E-state index contributed by atoms with van der Waals surface area (Å²) < 4.78 is 5.06. The highest BCUT2D eigenvalue weighted by atomic mass is 32.1. The van der Waals surface area contributed by atoms with Gasteiger partial charge in [0.1, 0.15) is 5.75 Å². The first-order valence-corrected chi connectivity index (χ1v) is 7.33. The fourth-order valence-corrected chi connectivity index (χ4v) is 2.22. The van der Waals surface area contributed by atoms with E-state index in [9.17, 15) is 14.9 Å². The van der Waals surface area contributed by atoms with Crippen molar-refractivity contribution >= 4 is 34.6 Å². The molecule has 2 aromatic carbocycles. The number of anilines is 1. The smallest absolute Gasteiger partial charge is 0.272 e. The van der Waals surface area contributed by atoms with E-state index in [0.717, 1.165) is 0 Å². The van der Waals surface area contributed by atoms with Crippen LogP contribution in [-0.4, -0.2) is 23.1 Å². The molecule has 2 N–H and O–H groups in total. The van der Waals surface area contributed by atoms with Crippen molar-refractivity contribution in [1.29, 1.82) is 0 Å². The maximum absolute atomic E-state index is 12.2. The van der Waals surface area contributed by atoms with E-state index in [1.165, 1.54) is 18.2 Å². The number of benzene rings is 2. The summed E-state index contributed by atoms with van der Waals surface area (Å²) in [6.07, 6.45) is 0. The molecule has 0 bridgehead atoms. The lowest BCUT2D eigenvalue weighted by atomic mass is 10.1. The van der Waals surface area contributed by atoms with Crippen LogP contribution in [0.5, 0.6) is 5.75 Å². The van der Waals surface area contributed by atoms with Gasteiger partial charge < -0.3 is 10.1 Å². The number of ether oxygens (including phenoxy) is 1. The van der Waals surface area contributed by atoms with Crippen molar-refractivity contribution in [2.45, 2.75) is 6.92 Å². The number of nitro benzene ring substituents is 1. The fourth-order valence-electron chi connectivity index (χ4n) is 2.01. The van der Waals surface area contributed by atoms with Crippen molar-refractivity contribution in [1.82, 2.24) is 5.32 Å². The Morgan fingerprint density at radius 2 is 1.88 bits per heavy atom. The number of thiocarbonyl (C=S) groups is 1. The highest BCUT2D eigenvalue weighted by molar-refractivity contribution is 7.80. The van der Waals surface area contributed by atoms with E-state index < -0.39 is 10.8 Å². The zero-order chi connectivity index (χ0) is 17.7. The second-order valence-electron chi connectivity index (χ2n) is 4.90. The number of carbonyl (C=O) groups is 1. The molecule has 124 valence electrons. The van der Waals surface area contributed by atoms with E-state index in [1.807, 2.05) is 0 Å². The summed E-state index contributed by atoms with van der Waals surface area (Å²) in [6.45, 7) is 1.57. The molecule has 0 aliphatic carbocycles. The van der Waals surface area contributed by atoms with Gasteiger partial charge in [-0.2, -0.15) is 0 Å². The van der Waals surface area contributed by atoms with Crippen LogP contribution in [0.2, 0.25) is 0 Å². The molecule has 0 unspecified atom stereocenters. The van der Waals surface area contributed by atoms with Gasteiger partial charge in [0, 0.05) is 22.9 Å². The molecule has 0 atom stereocenters. The zero-order valence-electron chi connectivity index (χ0n) is 13.0. The number of nitrogens with one attached hydrogen (secondary N) is 2. The van der Waals surface area contributed by atoms with Crippen molar-refractivity contribution in [3.63, 3.8) is 0 Å². The van der Waals surface area contributed by atoms with Crippen LogP contribution in [0.4, 0.5) is 11.4 Å². The number of aryl methyl sites for hydroxylation is 1. The second-order valence-corrected chi connectivity index (χ2v) is 5.30. The maximum Gasteiger partial charge on any atom is 0.272 e. The quantitative estimate of drug-likeness (QED) is 0.502. The third-order valence-corrected chi connectivity index (χ3v) is 3.43. The number of methoxy groups -OCH3 is 1. The summed E-state index contributed by atoms with van der Waals surface area (Å²) in [5.74, 6) is 0.260. The number of hydrogen-bond donors (Lipinski definition) is 2. The van der Waals surface area contributed by atoms with Gasteiger partial charge in [-0.1, -0.05) is 0 Å². The number of nitrogens with zero attached hydrogens (tertiary/aromatic N) is 1. The Labute approximate surface area is 143 Å². The van der Waals surface area contributed by atoms with Crippen LogP contribution in [0.15, 0.2) is 42.5 Å². The SMILES string of the molecule is COc1ccc(NC(=S)NC(=O)c2ccc([N+](=O)[O-])c(C)c2)cc1. The fraction of sp³-hybridized carbons (Fsp3) is 0.125. The Balaban J connectivity index is 2.01. The molecule has 0 spiro atoms. The summed E-state index contributed by atoms with van der Waals surface area (Å²) >= 11 is 5.09. The average molecular weight is 345 g/mol. The van der Waals surface area contributed by atoms with E-state index in [4.69, 9.17) is 17.0 Å². The molecule has 0 saturated carbocycles. The van der Waals surface area contributed by atoms with Gasteiger partial charge in [-0.05, 0) is 55.5 Å². The molecule has 8 heteroatoms. The normalized spacial score (nSPS) is 9.92. The van der Waals surface area contributed by atoms with Crippen molar-refractivity contribution in [2.75, 3.05) is 12.4 Å². The van der Waals surface area contributed by atoms with Gasteiger partial charge in [0.2, 0.25) is 0 Å². The molecule has 24 heavy (non-hydrogen) atoms. The molecular weight excluding hydrogens is 330 g/mol. The van der Waals surface area contributed by atoms with Crippen molar-refractivity contribution in [3.05, 3.63) is 63.7 Å². The molecule has 0 aliphatic heterocycles. The largest absolute Gasteiger partial charge is 0.497 e. The Hall–Kier alpha value is -3.00. The van der Waals surface area contributed by atoms with Crippen LogP contribution >= 0.6 is 12.2 Å². The predicted octanol–water partition coefficient (Wildman–Crippen LogP) is 3.04. The van der Waals surface area contributed by atoms with Gasteiger partial charge in [0.25, 0.3) is 11.6 Å². The van der Waals surface area contributed by atoms with E-state index in [0.29, 0.717) is 17.0 Å². The van der Waals surface area contributed by atoms with Crippen LogP contribution in [0.1, 0.15) is 15.9 Å². The molecule has 0 heterocycles. The first-order valence-electron chi connectivity index (χ1n) is 6.92. The molecule has 0 aliphatic rings. The van der Waals surface area contributed by atoms with Gasteiger partial charge in [-0.15, -0.1) is 0 Å². The minimum atomic E-state index is -0.493. The highest BCUT2D eigenvalue weighted by Crippen LogP contribution is 2.19. The van der Waals surface area contributed by atoms with Crippen molar-refractivity contribution in [2.24, 2.45) is 0 Å². The summed E-state index contributed by atoms with van der Waals surface area (Å²) in [5, 5.41) is 16.3. The highest BCUT2D eigenvalue weighted by Gasteiger charge is 2.14. The lowest BCUT2D eigenvalue weighted by Crippen LogP contribution is -2.34. The lowest BCUT2D eigenvalue weighted by molar-refractivity contribution is -0.385. The number of carbonyl (C=O) groups excluding carboxylic acids is 1. The Bertz CT molecular complexity index is 790. The van der Waals surface area contributed by atoms with Gasteiger partial charge in [0.05, 0.1) is 12.0 Å². The van der Waals surface area contributed by atoms with Crippen LogP contribution in [-0.2, 0) is 0 Å². The number of rotatable bonds is 4. The van der Waals surface area contributed by atoms with E-state index in [2.05, 4.69) is 10.6 Å². The molecule has 0 aromatic heterocycles. The molecule has 2 aromatic rings. The summed E-state index contributed by atoms with van der Waals surface area (Å²) in [5.41, 5.74) is 1.35. The molecule has 7 nitrogen and oxygen atoms in total. The number of hydrogen-bond acceptors (Lipinski definition) is 5. The predicted molar refractivity (Wildman–Crippen MR) is 94.5 cm³/mol. The molecule has 2 rings (SSSR count). The first kappa shape index (κ1) is 17.4. The van der Waals surface area contributed by atoms with E-state index in [-0.39, 0.29) is 16.4 Å². The molecule has 0 saturated heterocycles. The van der Waals surface area contributed by atoms with Crippen LogP contribution < -0.4 is 15.4 Å². The summed E-state index contributed by atoms with van der Waals surface area (Å²) in [7, 11) is 1.57. The minimum absolute atomic E-state index is 0.0366. The third kappa shape index (κ3) is 4.26. The molecule has 1 amide bonds. The van der Waals surface area contributed by atoms with Gasteiger partial charge in [-0.25, -0.2) is 0 Å². The molecular formula is C16H15N3O4S. The van der Waals surface area contributed by atoms with Crippen molar-refractivity contribution < 1.29 is 14.5 Å². The first-order chi connectivity index (χ1) is 11.4. The van der Waals surface area contributed by atoms with Crippen LogP contribution in [0, 0.1) is 17.0 Å². The topological polar surface area (TPSA) is 93.5 Å². The Morgan fingerprint density at radius 1 is 1.21 bits per heavy atom. The van der Waals surface area contributed by atoms with Crippen LogP contribution in [0.25, 0.3) is 0 Å². The van der Waals surface area contributed by atoms with Gasteiger partial charge >= 0.3 is 0 Å². The second kappa shape index (κ2) is 7.51. The van der Waals surface area contributed by atoms with Gasteiger partial charge in [-0.3, -0.25) is 20.2 Å². The van der Waals surface area contributed by atoms with Crippen LogP contribution in [0.3, 0.4) is 0 Å². The average Bonchev–Trinajstić information content (AvgIpc) is 2.54. The third-order valence-electron chi connectivity index (χ3n) is 3.23. The number of amides is 1. The molecule has 0 radical (unpaired) electrons. The standard InChI is InChI=1S/C16H15N3O4S/c1-10-9-11(3-8-14(10)19(21)22)15(20)18-16(24)17-12-4-6-13(23-2)7-5-12/h3-9H,1-2H3,(H2,17,18,20,24). The zero-order valence-corrected chi connectivity index (χ0v) is 13.8.